The lowest BCUT2D eigenvalue weighted by Gasteiger charge is -2.15. The summed E-state index contributed by atoms with van der Waals surface area (Å²) in [5.41, 5.74) is 0. The minimum Gasteiger partial charge on any atom is -0.251 e. The summed E-state index contributed by atoms with van der Waals surface area (Å²) in [6, 6.07) is 0. The highest BCUT2D eigenvalue weighted by atomic mass is 19.1. The van der Waals surface area contributed by atoms with Crippen molar-refractivity contribution in [2.24, 2.45) is 5.92 Å². The summed E-state index contributed by atoms with van der Waals surface area (Å²) in [6.45, 7) is 4.37. The van der Waals surface area contributed by atoms with Gasteiger partial charge in [0.2, 0.25) is 0 Å². The zero-order chi connectivity index (χ0) is 12.8. The van der Waals surface area contributed by atoms with Crippen LogP contribution in [0.3, 0.4) is 0 Å². The van der Waals surface area contributed by atoms with Crippen LogP contribution in [0.2, 0.25) is 0 Å². The van der Waals surface area contributed by atoms with Crippen LogP contribution in [-0.4, -0.2) is 6.67 Å². The van der Waals surface area contributed by atoms with Gasteiger partial charge in [0.15, 0.2) is 0 Å². The Kier molecular flexibility index (Phi) is 13.9. The van der Waals surface area contributed by atoms with Crippen molar-refractivity contribution in [3.63, 3.8) is 0 Å². The monoisotopic (exact) mass is 244 g/mol. The summed E-state index contributed by atoms with van der Waals surface area (Å²) in [6.07, 6.45) is 15.3. The van der Waals surface area contributed by atoms with Crippen molar-refractivity contribution < 1.29 is 4.39 Å². The Morgan fingerprint density at radius 3 is 1.59 bits per heavy atom. The highest BCUT2D eigenvalue weighted by molar-refractivity contribution is 4.60. The molecule has 0 aromatic rings. The topological polar surface area (TPSA) is 0 Å². The predicted molar refractivity (Wildman–Crippen MR) is 76.2 cm³/mol. The number of unbranched alkanes of at least 4 members (excludes halogenated alkanes) is 7. The summed E-state index contributed by atoms with van der Waals surface area (Å²) < 4.78 is 12.4. The molecule has 0 heterocycles. The average molecular weight is 244 g/mol. The van der Waals surface area contributed by atoms with Gasteiger partial charge in [-0.15, -0.1) is 0 Å². The van der Waals surface area contributed by atoms with E-state index in [4.69, 9.17) is 0 Å². The van der Waals surface area contributed by atoms with Crippen LogP contribution in [0.4, 0.5) is 4.39 Å². The number of hydrogen-bond donors (Lipinski definition) is 0. The maximum absolute atomic E-state index is 12.4. The van der Waals surface area contributed by atoms with Crippen molar-refractivity contribution in [1.29, 1.82) is 0 Å². The summed E-state index contributed by atoms with van der Waals surface area (Å²) in [7, 11) is 0. The largest absolute Gasteiger partial charge is 0.251 e. The molecule has 1 atom stereocenters. The lowest BCUT2D eigenvalue weighted by atomic mass is 9.92. The van der Waals surface area contributed by atoms with Gasteiger partial charge in [-0.1, -0.05) is 84.5 Å². The smallest absolute Gasteiger partial charge is 0.0897 e. The molecule has 1 unspecified atom stereocenters. The number of halogens is 1. The van der Waals surface area contributed by atoms with Crippen LogP contribution in [-0.2, 0) is 0 Å². The summed E-state index contributed by atoms with van der Waals surface area (Å²) in [5.74, 6) is 0.665. The van der Waals surface area contributed by atoms with E-state index in [1.54, 1.807) is 0 Å². The third kappa shape index (κ3) is 12.2. The highest BCUT2D eigenvalue weighted by Gasteiger charge is 2.07. The molecule has 0 nitrogen and oxygen atoms in total. The van der Waals surface area contributed by atoms with E-state index in [9.17, 15) is 4.39 Å². The van der Waals surface area contributed by atoms with E-state index in [1.165, 1.54) is 70.6 Å². The summed E-state index contributed by atoms with van der Waals surface area (Å²) in [4.78, 5) is 0. The van der Waals surface area contributed by atoms with Crippen molar-refractivity contribution in [3.8, 4) is 0 Å². The first-order chi connectivity index (χ1) is 8.35. The molecule has 17 heavy (non-hydrogen) atoms. The predicted octanol–water partition coefficient (Wildman–Crippen LogP) is 6.29. The van der Waals surface area contributed by atoms with Crippen molar-refractivity contribution in [2.45, 2.75) is 90.9 Å². The average Bonchev–Trinajstić information content (AvgIpc) is 2.34. The molecule has 0 rings (SSSR count). The molecular formula is C16H33F. The number of alkyl halides is 1. The van der Waals surface area contributed by atoms with Crippen LogP contribution in [0.25, 0.3) is 0 Å². The molecule has 0 bridgehead atoms. The molecule has 0 saturated carbocycles. The Morgan fingerprint density at radius 1 is 0.647 bits per heavy atom. The zero-order valence-electron chi connectivity index (χ0n) is 12.1. The Labute approximate surface area is 108 Å². The summed E-state index contributed by atoms with van der Waals surface area (Å²) in [5, 5.41) is 0. The quantitative estimate of drug-likeness (QED) is 0.334. The molecule has 0 amide bonds. The standard InChI is InChI=1S/C16H33F/c1-3-5-7-9-11-13-16(14-15-17)12-10-8-6-4-2/h16H,3-15H2,1-2H3. The van der Waals surface area contributed by atoms with E-state index in [-0.39, 0.29) is 6.67 Å². The minimum absolute atomic E-state index is 0.118. The van der Waals surface area contributed by atoms with Crippen molar-refractivity contribution >= 4 is 0 Å². The van der Waals surface area contributed by atoms with Crippen LogP contribution in [0.1, 0.15) is 90.9 Å². The van der Waals surface area contributed by atoms with Gasteiger partial charge in [0.25, 0.3) is 0 Å². The van der Waals surface area contributed by atoms with Gasteiger partial charge in [-0.3, -0.25) is 4.39 Å². The Bertz CT molecular complexity index is 133. The third-order valence-electron chi connectivity index (χ3n) is 3.70. The lowest BCUT2D eigenvalue weighted by Crippen LogP contribution is -2.02. The summed E-state index contributed by atoms with van der Waals surface area (Å²) >= 11 is 0. The Morgan fingerprint density at radius 2 is 1.12 bits per heavy atom. The molecule has 1 heteroatoms. The molecule has 0 aromatic heterocycles. The van der Waals surface area contributed by atoms with Gasteiger partial charge in [0.05, 0.1) is 6.67 Å². The van der Waals surface area contributed by atoms with E-state index < -0.39 is 0 Å². The van der Waals surface area contributed by atoms with Gasteiger partial charge in [0, 0.05) is 0 Å². The van der Waals surface area contributed by atoms with Gasteiger partial charge in [-0.25, -0.2) is 0 Å². The van der Waals surface area contributed by atoms with Crippen LogP contribution >= 0.6 is 0 Å². The van der Waals surface area contributed by atoms with E-state index >= 15 is 0 Å². The SMILES string of the molecule is CCCCCCCC(CCF)CCCCCC. The first-order valence-corrected chi connectivity index (χ1v) is 7.91. The second-order valence-corrected chi connectivity index (χ2v) is 5.40. The molecule has 0 aromatic carbocycles. The number of rotatable bonds is 13. The van der Waals surface area contributed by atoms with E-state index in [0.29, 0.717) is 5.92 Å². The molecule has 104 valence electrons. The lowest BCUT2D eigenvalue weighted by molar-refractivity contribution is 0.334. The van der Waals surface area contributed by atoms with Gasteiger partial charge < -0.3 is 0 Å². The van der Waals surface area contributed by atoms with Gasteiger partial charge in [-0.05, 0) is 12.3 Å². The highest BCUT2D eigenvalue weighted by Crippen LogP contribution is 2.21. The second kappa shape index (κ2) is 14.0. The normalized spacial score (nSPS) is 12.9. The van der Waals surface area contributed by atoms with E-state index in [2.05, 4.69) is 13.8 Å². The Hall–Kier alpha value is -0.0700. The fourth-order valence-electron chi connectivity index (χ4n) is 2.48. The van der Waals surface area contributed by atoms with Crippen LogP contribution in [0.15, 0.2) is 0 Å². The fraction of sp³-hybridized carbons (Fsp3) is 1.00. The molecule has 0 aliphatic rings. The maximum atomic E-state index is 12.4. The van der Waals surface area contributed by atoms with Crippen LogP contribution in [0, 0.1) is 5.92 Å². The molecule has 0 aliphatic carbocycles. The van der Waals surface area contributed by atoms with Crippen molar-refractivity contribution in [3.05, 3.63) is 0 Å². The van der Waals surface area contributed by atoms with E-state index in [1.807, 2.05) is 0 Å². The molecule has 0 radical (unpaired) electrons. The van der Waals surface area contributed by atoms with Crippen LogP contribution < -0.4 is 0 Å². The Balaban J connectivity index is 3.45. The van der Waals surface area contributed by atoms with Crippen molar-refractivity contribution in [1.82, 2.24) is 0 Å². The molecule has 0 fully saturated rings. The van der Waals surface area contributed by atoms with Gasteiger partial charge in [-0.2, -0.15) is 0 Å². The molecular weight excluding hydrogens is 211 g/mol. The maximum Gasteiger partial charge on any atom is 0.0897 e. The second-order valence-electron chi connectivity index (χ2n) is 5.40. The fourth-order valence-corrected chi connectivity index (χ4v) is 2.48. The molecule has 0 N–H and O–H groups in total. The molecule has 0 saturated heterocycles. The van der Waals surface area contributed by atoms with Crippen molar-refractivity contribution in [2.75, 3.05) is 6.67 Å². The first kappa shape index (κ1) is 16.9. The molecule has 0 aliphatic heterocycles. The van der Waals surface area contributed by atoms with Crippen LogP contribution in [0.5, 0.6) is 0 Å². The van der Waals surface area contributed by atoms with Gasteiger partial charge >= 0.3 is 0 Å². The zero-order valence-corrected chi connectivity index (χ0v) is 12.1. The third-order valence-corrected chi connectivity index (χ3v) is 3.70. The van der Waals surface area contributed by atoms with Gasteiger partial charge in [0.1, 0.15) is 0 Å². The number of hydrogen-bond acceptors (Lipinski definition) is 0. The van der Waals surface area contributed by atoms with E-state index in [0.717, 1.165) is 6.42 Å². The molecule has 0 spiro atoms. The minimum atomic E-state index is -0.118. The first-order valence-electron chi connectivity index (χ1n) is 7.91.